The zero-order valence-electron chi connectivity index (χ0n) is 12.8. The molecule has 0 aliphatic carbocycles. The first-order chi connectivity index (χ1) is 10.4. The molecule has 5 nitrogen and oxygen atoms in total. The molecule has 0 unspecified atom stereocenters. The van der Waals surface area contributed by atoms with Gasteiger partial charge in [0.15, 0.2) is 10.6 Å². The molecule has 118 valence electrons. The Hall–Kier alpha value is -1.66. The standard InChI is InChI=1S/C15H19ClN4OS/c1-9(2)13(10-5-4-6-11(16)7-10)14(21)17-8-12-18-19-15(22)20(12)3/h4-7,9,13H,8H2,1-3H3,(H,17,21)(H,19,22)/t13-/m1/s1. The van der Waals surface area contributed by atoms with Crippen LogP contribution in [0.25, 0.3) is 0 Å². The van der Waals surface area contributed by atoms with Crippen LogP contribution in [0, 0.1) is 10.7 Å². The summed E-state index contributed by atoms with van der Waals surface area (Å²) in [7, 11) is 1.81. The number of hydrogen-bond acceptors (Lipinski definition) is 3. The minimum atomic E-state index is -0.258. The van der Waals surface area contributed by atoms with Crippen LogP contribution in [0.5, 0.6) is 0 Å². The van der Waals surface area contributed by atoms with E-state index >= 15 is 0 Å². The summed E-state index contributed by atoms with van der Waals surface area (Å²) >= 11 is 11.1. The average molecular weight is 339 g/mol. The first-order valence-electron chi connectivity index (χ1n) is 7.03. The Morgan fingerprint density at radius 3 is 2.77 bits per heavy atom. The number of nitrogens with one attached hydrogen (secondary N) is 2. The maximum absolute atomic E-state index is 12.6. The van der Waals surface area contributed by atoms with Gasteiger partial charge in [-0.3, -0.25) is 9.89 Å². The van der Waals surface area contributed by atoms with Crippen molar-refractivity contribution in [2.45, 2.75) is 26.3 Å². The number of carbonyl (C=O) groups excluding carboxylic acids is 1. The molecular formula is C15H19ClN4OS. The number of aromatic amines is 1. The van der Waals surface area contributed by atoms with Crippen LogP contribution in [0.4, 0.5) is 0 Å². The number of H-pyrrole nitrogens is 1. The highest BCUT2D eigenvalue weighted by molar-refractivity contribution is 7.71. The van der Waals surface area contributed by atoms with E-state index in [1.165, 1.54) is 0 Å². The van der Waals surface area contributed by atoms with Gasteiger partial charge in [0.25, 0.3) is 0 Å². The first kappa shape index (κ1) is 16.7. The second-order valence-electron chi connectivity index (χ2n) is 5.50. The summed E-state index contributed by atoms with van der Waals surface area (Å²) in [6.45, 7) is 4.36. The van der Waals surface area contributed by atoms with Gasteiger partial charge in [-0.15, -0.1) is 0 Å². The molecule has 0 aliphatic rings. The van der Waals surface area contributed by atoms with Crippen molar-refractivity contribution in [1.82, 2.24) is 20.1 Å². The fourth-order valence-corrected chi connectivity index (χ4v) is 2.70. The smallest absolute Gasteiger partial charge is 0.228 e. The topological polar surface area (TPSA) is 62.7 Å². The van der Waals surface area contributed by atoms with Crippen molar-refractivity contribution in [3.8, 4) is 0 Å². The molecule has 0 radical (unpaired) electrons. The fraction of sp³-hybridized carbons (Fsp3) is 0.400. The van der Waals surface area contributed by atoms with E-state index < -0.39 is 0 Å². The van der Waals surface area contributed by atoms with Gasteiger partial charge in [0.1, 0.15) is 0 Å². The summed E-state index contributed by atoms with van der Waals surface area (Å²) in [5.41, 5.74) is 0.912. The lowest BCUT2D eigenvalue weighted by atomic mass is 9.87. The van der Waals surface area contributed by atoms with Gasteiger partial charge in [0.05, 0.1) is 12.5 Å². The van der Waals surface area contributed by atoms with Crippen LogP contribution in [-0.4, -0.2) is 20.7 Å². The molecule has 2 N–H and O–H groups in total. The van der Waals surface area contributed by atoms with E-state index in [2.05, 4.69) is 15.5 Å². The maximum Gasteiger partial charge on any atom is 0.228 e. The third-order valence-corrected chi connectivity index (χ3v) is 4.15. The Bertz CT molecular complexity index is 722. The van der Waals surface area contributed by atoms with Crippen LogP contribution in [0.3, 0.4) is 0 Å². The van der Waals surface area contributed by atoms with Crippen LogP contribution in [-0.2, 0) is 18.4 Å². The predicted molar refractivity (Wildman–Crippen MR) is 89.3 cm³/mol. The highest BCUT2D eigenvalue weighted by atomic mass is 35.5. The van der Waals surface area contributed by atoms with Crippen LogP contribution < -0.4 is 5.32 Å². The molecule has 0 spiro atoms. The molecule has 0 saturated carbocycles. The molecule has 1 heterocycles. The Morgan fingerprint density at radius 1 is 1.50 bits per heavy atom. The van der Waals surface area contributed by atoms with Crippen molar-refractivity contribution >= 4 is 29.7 Å². The fourth-order valence-electron chi connectivity index (χ4n) is 2.35. The van der Waals surface area contributed by atoms with Gasteiger partial charge in [0.2, 0.25) is 5.91 Å². The van der Waals surface area contributed by atoms with Crippen molar-refractivity contribution in [2.75, 3.05) is 0 Å². The molecule has 7 heteroatoms. The number of rotatable bonds is 5. The van der Waals surface area contributed by atoms with Gasteiger partial charge in [-0.25, -0.2) is 0 Å². The first-order valence-corrected chi connectivity index (χ1v) is 7.82. The number of carbonyl (C=O) groups is 1. The summed E-state index contributed by atoms with van der Waals surface area (Å²) in [5, 5.41) is 10.3. The van der Waals surface area contributed by atoms with Gasteiger partial charge in [-0.2, -0.15) is 5.10 Å². The Morgan fingerprint density at radius 2 is 2.23 bits per heavy atom. The number of aromatic nitrogens is 3. The minimum Gasteiger partial charge on any atom is -0.348 e. The van der Waals surface area contributed by atoms with Crippen molar-refractivity contribution in [2.24, 2.45) is 13.0 Å². The molecule has 0 saturated heterocycles. The van der Waals surface area contributed by atoms with Crippen LogP contribution in [0.1, 0.15) is 31.2 Å². The average Bonchev–Trinajstić information content (AvgIpc) is 2.76. The monoisotopic (exact) mass is 338 g/mol. The van der Waals surface area contributed by atoms with E-state index in [4.69, 9.17) is 23.8 Å². The van der Waals surface area contributed by atoms with E-state index in [-0.39, 0.29) is 17.7 Å². The molecule has 2 aromatic rings. The molecular weight excluding hydrogens is 320 g/mol. The maximum atomic E-state index is 12.6. The van der Waals surface area contributed by atoms with Crippen LogP contribution >= 0.6 is 23.8 Å². The van der Waals surface area contributed by atoms with Crippen molar-refractivity contribution in [3.63, 3.8) is 0 Å². The molecule has 0 bridgehead atoms. The lowest BCUT2D eigenvalue weighted by Gasteiger charge is -2.20. The van der Waals surface area contributed by atoms with Gasteiger partial charge in [-0.05, 0) is 35.8 Å². The van der Waals surface area contributed by atoms with E-state index in [1.54, 1.807) is 10.6 Å². The van der Waals surface area contributed by atoms with E-state index in [0.29, 0.717) is 22.2 Å². The number of amides is 1. The zero-order chi connectivity index (χ0) is 16.3. The van der Waals surface area contributed by atoms with Crippen molar-refractivity contribution < 1.29 is 4.79 Å². The van der Waals surface area contributed by atoms with E-state index in [0.717, 1.165) is 5.56 Å². The van der Waals surface area contributed by atoms with Gasteiger partial charge in [-0.1, -0.05) is 37.6 Å². The molecule has 1 atom stereocenters. The highest BCUT2D eigenvalue weighted by Crippen LogP contribution is 2.26. The zero-order valence-corrected chi connectivity index (χ0v) is 14.3. The lowest BCUT2D eigenvalue weighted by Crippen LogP contribution is -2.32. The Balaban J connectivity index is 2.14. The molecule has 2 rings (SSSR count). The van der Waals surface area contributed by atoms with E-state index in [1.807, 2.05) is 39.1 Å². The SMILES string of the molecule is CC(C)[C@@H](C(=O)NCc1n[nH]c(=S)n1C)c1cccc(Cl)c1. The van der Waals surface area contributed by atoms with E-state index in [9.17, 15) is 4.79 Å². The summed E-state index contributed by atoms with van der Waals surface area (Å²) in [6, 6.07) is 7.42. The molecule has 0 fully saturated rings. The lowest BCUT2D eigenvalue weighted by molar-refractivity contribution is -0.123. The minimum absolute atomic E-state index is 0.0498. The molecule has 22 heavy (non-hydrogen) atoms. The number of benzene rings is 1. The number of hydrogen-bond donors (Lipinski definition) is 2. The third-order valence-electron chi connectivity index (χ3n) is 3.55. The van der Waals surface area contributed by atoms with Crippen molar-refractivity contribution in [1.29, 1.82) is 0 Å². The molecule has 1 aromatic heterocycles. The second-order valence-corrected chi connectivity index (χ2v) is 6.32. The summed E-state index contributed by atoms with van der Waals surface area (Å²) in [4.78, 5) is 12.6. The summed E-state index contributed by atoms with van der Waals surface area (Å²) < 4.78 is 2.26. The number of nitrogens with zero attached hydrogens (tertiary/aromatic N) is 2. The van der Waals surface area contributed by atoms with Gasteiger partial charge >= 0.3 is 0 Å². The predicted octanol–water partition coefficient (Wildman–Crippen LogP) is 3.19. The molecule has 0 aliphatic heterocycles. The van der Waals surface area contributed by atoms with Gasteiger partial charge in [0, 0.05) is 12.1 Å². The normalized spacial score (nSPS) is 12.4. The summed E-state index contributed by atoms with van der Waals surface area (Å²) in [5.74, 6) is 0.532. The third kappa shape index (κ3) is 3.75. The Kier molecular flexibility index (Phi) is 5.37. The van der Waals surface area contributed by atoms with Crippen LogP contribution in [0.2, 0.25) is 5.02 Å². The van der Waals surface area contributed by atoms with Gasteiger partial charge < -0.3 is 9.88 Å². The molecule has 1 aromatic carbocycles. The van der Waals surface area contributed by atoms with Crippen LogP contribution in [0.15, 0.2) is 24.3 Å². The second kappa shape index (κ2) is 7.07. The molecule has 1 amide bonds. The quantitative estimate of drug-likeness (QED) is 0.823. The van der Waals surface area contributed by atoms with Crippen molar-refractivity contribution in [3.05, 3.63) is 45.4 Å². The highest BCUT2D eigenvalue weighted by Gasteiger charge is 2.24. The number of halogens is 1. The Labute approximate surface area is 139 Å². The summed E-state index contributed by atoms with van der Waals surface area (Å²) in [6.07, 6.45) is 0. The largest absolute Gasteiger partial charge is 0.348 e.